The molecule has 0 amide bonds. The molecule has 3 rings (SSSR count). The molecule has 0 heterocycles. The Labute approximate surface area is 147 Å². The van der Waals surface area contributed by atoms with Gasteiger partial charge in [0.05, 0.1) is 0 Å². The van der Waals surface area contributed by atoms with Gasteiger partial charge in [0.25, 0.3) is 0 Å². The van der Waals surface area contributed by atoms with E-state index in [1.807, 2.05) is 24.3 Å². The smallest absolute Gasteiger partial charge is 0.424 e. The van der Waals surface area contributed by atoms with Gasteiger partial charge in [-0.3, -0.25) is 0 Å². The zero-order valence-electron chi connectivity index (χ0n) is 12.9. The molecule has 0 saturated carbocycles. The van der Waals surface area contributed by atoms with Crippen molar-refractivity contribution in [3.05, 3.63) is 77.3 Å². The molecule has 0 aliphatic carbocycles. The van der Waals surface area contributed by atoms with Gasteiger partial charge < -0.3 is 9.84 Å². The Balaban J connectivity index is 1.88. The van der Waals surface area contributed by atoms with Crippen molar-refractivity contribution in [1.29, 1.82) is 0 Å². The molecule has 0 aromatic heterocycles. The maximum Gasteiger partial charge on any atom is 0.424 e. The van der Waals surface area contributed by atoms with Gasteiger partial charge in [0.2, 0.25) is 5.60 Å². The molecule has 3 aromatic carbocycles. The van der Waals surface area contributed by atoms with E-state index in [1.54, 1.807) is 18.2 Å². The molecule has 1 N–H and O–H groups in total. The van der Waals surface area contributed by atoms with Crippen molar-refractivity contribution in [2.75, 3.05) is 6.61 Å². The highest BCUT2D eigenvalue weighted by Gasteiger charge is 2.55. The molecule has 0 bridgehead atoms. The third kappa shape index (κ3) is 3.57. The van der Waals surface area contributed by atoms with Gasteiger partial charge in [-0.15, -0.1) is 0 Å². The summed E-state index contributed by atoms with van der Waals surface area (Å²) in [7, 11) is 0. The summed E-state index contributed by atoms with van der Waals surface area (Å²) in [4.78, 5) is 0. The SMILES string of the molecule is OC(COc1ccc2ccccc2c1)(c1ccc(Cl)cc1)C(F)(F)F. The van der Waals surface area contributed by atoms with E-state index in [4.69, 9.17) is 16.3 Å². The first-order chi connectivity index (χ1) is 11.8. The Bertz CT molecular complexity index is 878. The molecule has 0 saturated heterocycles. The third-order valence-corrected chi connectivity index (χ3v) is 4.21. The largest absolute Gasteiger partial charge is 0.490 e. The van der Waals surface area contributed by atoms with Crippen LogP contribution in [0.5, 0.6) is 5.75 Å². The second-order valence-corrected chi connectivity index (χ2v) is 6.10. The lowest BCUT2D eigenvalue weighted by atomic mass is 9.94. The first-order valence-electron chi connectivity index (χ1n) is 7.46. The fourth-order valence-electron chi connectivity index (χ4n) is 2.50. The Kier molecular flexibility index (Phi) is 4.62. The number of halogens is 4. The fraction of sp³-hybridized carbons (Fsp3) is 0.158. The second-order valence-electron chi connectivity index (χ2n) is 5.66. The van der Waals surface area contributed by atoms with Crippen LogP contribution >= 0.6 is 11.6 Å². The van der Waals surface area contributed by atoms with Gasteiger partial charge in [-0.1, -0.05) is 54.1 Å². The predicted octanol–water partition coefficient (Wildman–Crippen LogP) is 5.32. The summed E-state index contributed by atoms with van der Waals surface area (Å²) in [6.07, 6.45) is -4.91. The van der Waals surface area contributed by atoms with Crippen molar-refractivity contribution < 1.29 is 23.0 Å². The second kappa shape index (κ2) is 6.58. The van der Waals surface area contributed by atoms with Gasteiger partial charge >= 0.3 is 6.18 Å². The highest BCUT2D eigenvalue weighted by molar-refractivity contribution is 6.30. The van der Waals surface area contributed by atoms with Gasteiger partial charge in [0.1, 0.15) is 12.4 Å². The lowest BCUT2D eigenvalue weighted by Crippen LogP contribution is -2.47. The van der Waals surface area contributed by atoms with E-state index >= 15 is 0 Å². The molecule has 2 nitrogen and oxygen atoms in total. The van der Waals surface area contributed by atoms with Crippen LogP contribution < -0.4 is 4.74 Å². The van der Waals surface area contributed by atoms with E-state index in [0.717, 1.165) is 22.9 Å². The monoisotopic (exact) mass is 366 g/mol. The average molecular weight is 367 g/mol. The standard InChI is InChI=1S/C19H14ClF3O2/c20-16-8-6-15(7-9-16)18(24,19(21,22)23)12-25-17-10-5-13-3-1-2-4-14(13)11-17/h1-11,24H,12H2. The first kappa shape index (κ1) is 17.6. The van der Waals surface area contributed by atoms with Crippen molar-refractivity contribution in [2.45, 2.75) is 11.8 Å². The van der Waals surface area contributed by atoms with Gasteiger partial charge in [-0.2, -0.15) is 13.2 Å². The van der Waals surface area contributed by atoms with E-state index in [2.05, 4.69) is 0 Å². The van der Waals surface area contributed by atoms with E-state index in [-0.39, 0.29) is 16.3 Å². The van der Waals surface area contributed by atoms with Crippen LogP contribution in [0.15, 0.2) is 66.7 Å². The van der Waals surface area contributed by atoms with Crippen LogP contribution in [0, 0.1) is 0 Å². The number of rotatable bonds is 4. The van der Waals surface area contributed by atoms with E-state index in [0.29, 0.717) is 0 Å². The topological polar surface area (TPSA) is 29.5 Å². The lowest BCUT2D eigenvalue weighted by Gasteiger charge is -2.30. The maximum atomic E-state index is 13.5. The van der Waals surface area contributed by atoms with Gasteiger partial charge in [0, 0.05) is 5.02 Å². The normalized spacial score (nSPS) is 14.3. The van der Waals surface area contributed by atoms with E-state index < -0.39 is 18.4 Å². The number of hydrogen-bond acceptors (Lipinski definition) is 2. The maximum absolute atomic E-state index is 13.5. The van der Waals surface area contributed by atoms with Crippen molar-refractivity contribution in [3.8, 4) is 5.75 Å². The molecule has 0 spiro atoms. The van der Waals surface area contributed by atoms with E-state index in [1.165, 1.54) is 12.1 Å². The minimum atomic E-state index is -4.91. The summed E-state index contributed by atoms with van der Waals surface area (Å²) in [5, 5.41) is 12.4. The summed E-state index contributed by atoms with van der Waals surface area (Å²) < 4.78 is 45.7. The summed E-state index contributed by atoms with van der Waals surface area (Å²) in [6.45, 7) is -0.962. The van der Waals surface area contributed by atoms with Crippen LogP contribution in [0.1, 0.15) is 5.56 Å². The quantitative estimate of drug-likeness (QED) is 0.677. The van der Waals surface area contributed by atoms with Crippen LogP contribution in [-0.2, 0) is 5.60 Å². The molecule has 1 atom stereocenters. The summed E-state index contributed by atoms with van der Waals surface area (Å²) in [5.74, 6) is 0.246. The molecule has 6 heteroatoms. The van der Waals surface area contributed by atoms with E-state index in [9.17, 15) is 18.3 Å². The number of benzene rings is 3. The third-order valence-electron chi connectivity index (χ3n) is 3.96. The number of alkyl halides is 3. The highest BCUT2D eigenvalue weighted by atomic mass is 35.5. The van der Waals surface area contributed by atoms with Crippen molar-refractivity contribution in [2.24, 2.45) is 0 Å². The molecule has 25 heavy (non-hydrogen) atoms. The average Bonchev–Trinajstić information content (AvgIpc) is 2.59. The van der Waals surface area contributed by atoms with Crippen LogP contribution in [0.2, 0.25) is 5.02 Å². The predicted molar refractivity (Wildman–Crippen MR) is 90.8 cm³/mol. The molecule has 0 radical (unpaired) electrons. The van der Waals surface area contributed by atoms with Gasteiger partial charge in [0.15, 0.2) is 0 Å². The zero-order chi connectivity index (χ0) is 18.1. The Morgan fingerprint density at radius 2 is 1.52 bits per heavy atom. The minimum Gasteiger partial charge on any atom is -0.490 e. The number of hydrogen-bond donors (Lipinski definition) is 1. The number of ether oxygens (including phenoxy) is 1. The summed E-state index contributed by atoms with van der Waals surface area (Å²) >= 11 is 5.71. The zero-order valence-corrected chi connectivity index (χ0v) is 13.7. The highest BCUT2D eigenvalue weighted by Crippen LogP contribution is 2.40. The number of fused-ring (bicyclic) bond motifs is 1. The Morgan fingerprint density at radius 1 is 0.880 bits per heavy atom. The Hall–Kier alpha value is -2.24. The van der Waals surface area contributed by atoms with Crippen LogP contribution in [0.25, 0.3) is 10.8 Å². The molecule has 1 unspecified atom stereocenters. The summed E-state index contributed by atoms with van der Waals surface area (Å²) in [6, 6.07) is 17.2. The molecule has 0 fully saturated rings. The lowest BCUT2D eigenvalue weighted by molar-refractivity contribution is -0.275. The molecule has 130 valence electrons. The number of aliphatic hydroxyl groups is 1. The Morgan fingerprint density at radius 3 is 2.16 bits per heavy atom. The van der Waals surface area contributed by atoms with Crippen LogP contribution in [-0.4, -0.2) is 17.9 Å². The summed E-state index contributed by atoms with van der Waals surface area (Å²) in [5.41, 5.74) is -3.46. The van der Waals surface area contributed by atoms with Gasteiger partial charge in [-0.25, -0.2) is 0 Å². The minimum absolute atomic E-state index is 0.246. The molecule has 0 aliphatic heterocycles. The molecule has 0 aliphatic rings. The van der Waals surface area contributed by atoms with Gasteiger partial charge in [-0.05, 0) is 40.6 Å². The molecule has 3 aromatic rings. The van der Waals surface area contributed by atoms with Crippen molar-refractivity contribution in [1.82, 2.24) is 0 Å². The van der Waals surface area contributed by atoms with Crippen LogP contribution in [0.4, 0.5) is 13.2 Å². The fourth-order valence-corrected chi connectivity index (χ4v) is 2.63. The molecular weight excluding hydrogens is 353 g/mol. The van der Waals surface area contributed by atoms with Crippen LogP contribution in [0.3, 0.4) is 0 Å². The molecular formula is C19H14ClF3O2. The van der Waals surface area contributed by atoms with Crippen molar-refractivity contribution in [3.63, 3.8) is 0 Å². The first-order valence-corrected chi connectivity index (χ1v) is 7.84. The van der Waals surface area contributed by atoms with Crippen molar-refractivity contribution >= 4 is 22.4 Å².